The Kier molecular flexibility index (Phi) is 9.32. The van der Waals surface area contributed by atoms with Gasteiger partial charge in [-0.1, -0.05) is 0 Å². The molecule has 0 unspecified atom stereocenters. The maximum Gasteiger partial charge on any atom is 0.330 e. The predicted octanol–water partition coefficient (Wildman–Crippen LogP) is -3.06. The third-order valence-electron chi connectivity index (χ3n) is 6.12. The van der Waals surface area contributed by atoms with Gasteiger partial charge in [0.25, 0.3) is 11.1 Å². The van der Waals surface area contributed by atoms with E-state index >= 15 is 0 Å². The number of hydrogen-bond donors (Lipinski definition) is 7. The summed E-state index contributed by atoms with van der Waals surface area (Å²) in [5.41, 5.74) is -0.717. The summed E-state index contributed by atoms with van der Waals surface area (Å²) >= 11 is 4.97. The molecular formula is C21H30N4O11S. The van der Waals surface area contributed by atoms with Crippen molar-refractivity contribution in [3.05, 3.63) is 59.5 Å². The van der Waals surface area contributed by atoms with Crippen molar-refractivity contribution in [2.24, 2.45) is 0 Å². The van der Waals surface area contributed by atoms with Gasteiger partial charge in [-0.15, -0.1) is 0 Å². The number of ether oxygens (including phenoxy) is 3. The molecule has 16 heteroatoms. The van der Waals surface area contributed by atoms with Crippen molar-refractivity contribution in [2.75, 3.05) is 20.3 Å². The van der Waals surface area contributed by atoms with E-state index in [1.165, 1.54) is 24.1 Å². The lowest BCUT2D eigenvalue weighted by atomic mass is 10.1. The Labute approximate surface area is 214 Å². The zero-order chi connectivity index (χ0) is 27.6. The van der Waals surface area contributed by atoms with Crippen molar-refractivity contribution >= 4 is 12.2 Å². The number of hydrogen-bond acceptors (Lipinski definition) is 12. The normalized spacial score (nSPS) is 31.2. The minimum absolute atomic E-state index is 0.0837. The van der Waals surface area contributed by atoms with Crippen molar-refractivity contribution < 1.29 is 39.7 Å². The predicted molar refractivity (Wildman–Crippen MR) is 127 cm³/mol. The molecule has 2 fully saturated rings. The van der Waals surface area contributed by atoms with Crippen LogP contribution in [0.5, 0.6) is 0 Å². The molecule has 2 saturated heterocycles. The Morgan fingerprint density at radius 1 is 0.865 bits per heavy atom. The van der Waals surface area contributed by atoms with Crippen LogP contribution in [0, 0.1) is 18.6 Å². The third kappa shape index (κ3) is 5.82. The van der Waals surface area contributed by atoms with E-state index in [1.54, 1.807) is 13.8 Å². The van der Waals surface area contributed by atoms with Crippen molar-refractivity contribution in [3.63, 3.8) is 0 Å². The standard InChI is InChI=1S/C11H16N2O6.C10H14N2O5S/c1-5-3-13(11(17)12-9(5)16)10-8(18-2)7(15)6(4-14)19-10;1-4-2-12(10(18)11-8(4)16)9-7(15)6(14)5(3-13)17-9/h3,6-8,10,14-15H,4H2,1-2H3,(H,12,16,17);2,5-7,9,13-15H,3H2,1H3,(H,11,16,18)/t6-,7-,8-,10-;5-,6-,7-,9-/m11/s1. The van der Waals surface area contributed by atoms with Crippen molar-refractivity contribution in [3.8, 4) is 0 Å². The van der Waals surface area contributed by atoms with E-state index in [2.05, 4.69) is 9.97 Å². The molecule has 0 amide bonds. The van der Waals surface area contributed by atoms with E-state index in [9.17, 15) is 29.7 Å². The summed E-state index contributed by atoms with van der Waals surface area (Å²) in [4.78, 5) is 39.0. The van der Waals surface area contributed by atoms with Crippen LogP contribution < -0.4 is 16.8 Å². The van der Waals surface area contributed by atoms with Gasteiger partial charge in [0.2, 0.25) is 0 Å². The first-order valence-electron chi connectivity index (χ1n) is 11.2. The zero-order valence-corrected chi connectivity index (χ0v) is 21.0. The number of rotatable bonds is 5. The summed E-state index contributed by atoms with van der Waals surface area (Å²) in [6.07, 6.45) is -5.05. The highest BCUT2D eigenvalue weighted by molar-refractivity contribution is 7.71. The molecule has 4 heterocycles. The molecule has 206 valence electrons. The molecule has 7 N–H and O–H groups in total. The zero-order valence-electron chi connectivity index (χ0n) is 20.2. The lowest BCUT2D eigenvalue weighted by molar-refractivity contribution is -0.0626. The average molecular weight is 547 g/mol. The van der Waals surface area contributed by atoms with E-state index in [4.69, 9.17) is 36.6 Å². The number of nitrogens with zero attached hydrogens (tertiary/aromatic N) is 2. The van der Waals surface area contributed by atoms with Gasteiger partial charge in [0.15, 0.2) is 17.2 Å². The minimum atomic E-state index is -1.22. The molecule has 0 aliphatic carbocycles. The van der Waals surface area contributed by atoms with Crippen LogP contribution in [0.2, 0.25) is 0 Å². The smallest absolute Gasteiger partial charge is 0.330 e. The van der Waals surface area contributed by atoms with Crippen LogP contribution in [0.25, 0.3) is 0 Å². The first-order chi connectivity index (χ1) is 17.4. The van der Waals surface area contributed by atoms with Gasteiger partial charge in [0, 0.05) is 30.6 Å². The summed E-state index contributed by atoms with van der Waals surface area (Å²) < 4.78 is 18.4. The Bertz CT molecular complexity index is 1320. The molecule has 2 aromatic heterocycles. The van der Waals surface area contributed by atoms with Gasteiger partial charge >= 0.3 is 5.69 Å². The van der Waals surface area contributed by atoms with Gasteiger partial charge in [0.05, 0.1) is 13.2 Å². The van der Waals surface area contributed by atoms with Crippen LogP contribution in [0.15, 0.2) is 26.8 Å². The molecule has 37 heavy (non-hydrogen) atoms. The van der Waals surface area contributed by atoms with Gasteiger partial charge in [-0.2, -0.15) is 0 Å². The average Bonchev–Trinajstić information content (AvgIpc) is 3.34. The largest absolute Gasteiger partial charge is 0.394 e. The van der Waals surface area contributed by atoms with Crippen molar-refractivity contribution in [1.29, 1.82) is 0 Å². The highest BCUT2D eigenvalue weighted by atomic mass is 32.1. The van der Waals surface area contributed by atoms with Crippen LogP contribution in [-0.2, 0) is 14.2 Å². The first kappa shape index (κ1) is 29.0. The Hall–Kier alpha value is -2.54. The Balaban J connectivity index is 0.000000206. The highest BCUT2D eigenvalue weighted by Crippen LogP contribution is 2.30. The molecule has 0 radical (unpaired) electrons. The quantitative estimate of drug-likeness (QED) is 0.186. The summed E-state index contributed by atoms with van der Waals surface area (Å²) in [5, 5.41) is 47.5. The highest BCUT2D eigenvalue weighted by Gasteiger charge is 2.45. The number of aliphatic hydroxyl groups is 5. The van der Waals surface area contributed by atoms with Gasteiger partial charge in [-0.25, -0.2) is 4.79 Å². The SMILES string of the molecule is CO[C@@H]1[C@H](O)[C@@H](CO)O[C@H]1n1cc(C)c(=O)[nH]c1=O.Cc1cn([C@@H]2O[C@H](CO)[C@@H](O)[C@H]2O)c(=S)[nH]c1=O. The van der Waals surface area contributed by atoms with E-state index in [0.717, 1.165) is 4.57 Å². The Morgan fingerprint density at radius 2 is 1.38 bits per heavy atom. The number of aliphatic hydroxyl groups excluding tert-OH is 5. The fourth-order valence-electron chi connectivity index (χ4n) is 4.01. The fourth-order valence-corrected chi connectivity index (χ4v) is 4.26. The van der Waals surface area contributed by atoms with E-state index < -0.39 is 73.5 Å². The maximum absolute atomic E-state index is 11.8. The molecule has 0 spiro atoms. The molecule has 2 aliphatic rings. The Morgan fingerprint density at radius 3 is 1.92 bits per heavy atom. The maximum atomic E-state index is 11.8. The topological polar surface area (TPSA) is 221 Å². The van der Waals surface area contributed by atoms with Crippen LogP contribution in [0.1, 0.15) is 23.6 Å². The first-order valence-corrected chi connectivity index (χ1v) is 11.6. The van der Waals surface area contributed by atoms with Crippen molar-refractivity contribution in [1.82, 2.24) is 19.1 Å². The van der Waals surface area contributed by atoms with Crippen LogP contribution in [0.4, 0.5) is 0 Å². The molecular weight excluding hydrogens is 516 g/mol. The monoisotopic (exact) mass is 546 g/mol. The lowest BCUT2D eigenvalue weighted by Crippen LogP contribution is -2.39. The van der Waals surface area contributed by atoms with E-state index in [1.807, 2.05) is 0 Å². The molecule has 2 aromatic rings. The molecule has 0 saturated carbocycles. The summed E-state index contributed by atoms with van der Waals surface area (Å²) in [6, 6.07) is 0. The van der Waals surface area contributed by atoms with Gasteiger partial charge in [-0.3, -0.25) is 28.7 Å². The van der Waals surface area contributed by atoms with Gasteiger partial charge in [0.1, 0.15) is 36.6 Å². The van der Waals surface area contributed by atoms with Gasteiger partial charge < -0.3 is 39.7 Å². The third-order valence-corrected chi connectivity index (χ3v) is 6.43. The minimum Gasteiger partial charge on any atom is -0.394 e. The number of methoxy groups -OCH3 is 1. The second kappa shape index (κ2) is 11.9. The number of nitrogens with one attached hydrogen (secondary N) is 2. The molecule has 2 aliphatic heterocycles. The second-order valence-corrected chi connectivity index (χ2v) is 9.01. The number of aromatic amines is 2. The number of H-pyrrole nitrogens is 2. The van der Waals surface area contributed by atoms with E-state index in [0.29, 0.717) is 11.1 Å². The van der Waals surface area contributed by atoms with Crippen molar-refractivity contribution in [2.45, 2.75) is 62.9 Å². The van der Waals surface area contributed by atoms with Crippen LogP contribution >= 0.6 is 12.2 Å². The molecule has 4 rings (SSSR count). The summed E-state index contributed by atoms with van der Waals surface area (Å²) in [7, 11) is 1.37. The second-order valence-electron chi connectivity index (χ2n) is 8.62. The lowest BCUT2D eigenvalue weighted by Gasteiger charge is -2.20. The summed E-state index contributed by atoms with van der Waals surface area (Å²) in [6.45, 7) is 2.33. The van der Waals surface area contributed by atoms with Crippen LogP contribution in [0.3, 0.4) is 0 Å². The van der Waals surface area contributed by atoms with Gasteiger partial charge in [-0.05, 0) is 26.1 Å². The van der Waals surface area contributed by atoms with Crippen LogP contribution in [-0.4, -0.2) is 102 Å². The molecule has 8 atom stereocenters. The number of aryl methyl sites for hydroxylation is 2. The molecule has 0 aromatic carbocycles. The summed E-state index contributed by atoms with van der Waals surface area (Å²) in [5.74, 6) is 0. The number of aromatic nitrogens is 4. The fraction of sp³-hybridized carbons (Fsp3) is 0.619. The molecule has 15 nitrogen and oxygen atoms in total. The van der Waals surface area contributed by atoms with E-state index in [-0.39, 0.29) is 10.3 Å². The molecule has 0 bridgehead atoms.